The summed E-state index contributed by atoms with van der Waals surface area (Å²) in [7, 11) is 0. The maximum atomic E-state index is 9.79. The molecule has 0 atom stereocenters. The zero-order valence-corrected chi connectivity index (χ0v) is 12.1. The Hall–Kier alpha value is -1.62. The number of anilines is 1. The lowest BCUT2D eigenvalue weighted by atomic mass is 9.77. The predicted molar refractivity (Wildman–Crippen MR) is 78.8 cm³/mol. The lowest BCUT2D eigenvalue weighted by Crippen LogP contribution is -2.45. The molecule has 20 heavy (non-hydrogen) atoms. The van der Waals surface area contributed by atoms with Gasteiger partial charge in [-0.1, -0.05) is 13.0 Å². The zero-order valence-electron chi connectivity index (χ0n) is 12.1. The van der Waals surface area contributed by atoms with Crippen molar-refractivity contribution < 1.29 is 5.11 Å². The number of aryl methyl sites for hydroxylation is 1. The molecule has 2 aromatic heterocycles. The molecule has 0 radical (unpaired) electrons. The summed E-state index contributed by atoms with van der Waals surface area (Å²) in [5.74, 6) is 1.36. The Morgan fingerprint density at radius 3 is 2.85 bits per heavy atom. The first-order chi connectivity index (χ1) is 9.62. The van der Waals surface area contributed by atoms with Gasteiger partial charge in [0.15, 0.2) is 5.65 Å². The Balaban J connectivity index is 1.86. The molecule has 0 amide bonds. The van der Waals surface area contributed by atoms with Gasteiger partial charge in [-0.25, -0.2) is 4.52 Å². The van der Waals surface area contributed by atoms with E-state index in [1.54, 1.807) is 4.52 Å². The summed E-state index contributed by atoms with van der Waals surface area (Å²) >= 11 is 0. The molecule has 1 saturated carbocycles. The van der Waals surface area contributed by atoms with Crippen LogP contribution in [0.25, 0.3) is 5.65 Å². The van der Waals surface area contributed by atoms with Crippen molar-refractivity contribution >= 4 is 11.6 Å². The highest BCUT2D eigenvalue weighted by Crippen LogP contribution is 2.33. The summed E-state index contributed by atoms with van der Waals surface area (Å²) in [6.45, 7) is 4.43. The van der Waals surface area contributed by atoms with Gasteiger partial charge >= 0.3 is 0 Å². The van der Waals surface area contributed by atoms with Crippen molar-refractivity contribution in [2.24, 2.45) is 5.92 Å². The van der Waals surface area contributed by atoms with E-state index in [0.717, 1.165) is 42.8 Å². The number of fused-ring (bicyclic) bond motifs is 1. The van der Waals surface area contributed by atoms with Gasteiger partial charge < -0.3 is 10.4 Å². The number of aromatic nitrogens is 3. The normalized spacial score (nSPS) is 26.9. The van der Waals surface area contributed by atoms with E-state index in [0.29, 0.717) is 5.95 Å². The van der Waals surface area contributed by atoms with Crippen LogP contribution in [0.2, 0.25) is 0 Å². The summed E-state index contributed by atoms with van der Waals surface area (Å²) in [5, 5.41) is 17.6. The first kappa shape index (κ1) is 13.4. The minimum Gasteiger partial charge on any atom is -0.394 e. The van der Waals surface area contributed by atoms with Crippen LogP contribution in [0.15, 0.2) is 18.3 Å². The molecule has 1 fully saturated rings. The predicted octanol–water partition coefficient (Wildman–Crippen LogP) is 2.39. The van der Waals surface area contributed by atoms with Crippen LogP contribution in [-0.4, -0.2) is 31.9 Å². The van der Waals surface area contributed by atoms with Crippen molar-refractivity contribution in [1.82, 2.24) is 14.6 Å². The molecule has 5 heteroatoms. The highest BCUT2D eigenvalue weighted by molar-refractivity contribution is 5.50. The Morgan fingerprint density at radius 2 is 2.20 bits per heavy atom. The molecule has 0 bridgehead atoms. The van der Waals surface area contributed by atoms with Crippen LogP contribution in [0.4, 0.5) is 5.95 Å². The topological polar surface area (TPSA) is 62.5 Å². The van der Waals surface area contributed by atoms with Crippen LogP contribution in [0.5, 0.6) is 0 Å². The molecule has 108 valence electrons. The molecule has 2 heterocycles. The molecular formula is C15H22N4O. The van der Waals surface area contributed by atoms with E-state index in [4.69, 9.17) is 0 Å². The number of aliphatic hydroxyl groups excluding tert-OH is 1. The highest BCUT2D eigenvalue weighted by atomic mass is 16.3. The maximum absolute atomic E-state index is 9.79. The van der Waals surface area contributed by atoms with Gasteiger partial charge in [-0.3, -0.25) is 0 Å². The van der Waals surface area contributed by atoms with Crippen molar-refractivity contribution in [1.29, 1.82) is 0 Å². The first-order valence-electron chi connectivity index (χ1n) is 7.33. The summed E-state index contributed by atoms with van der Waals surface area (Å²) in [5.41, 5.74) is 1.71. The largest absolute Gasteiger partial charge is 0.394 e. The highest BCUT2D eigenvalue weighted by Gasteiger charge is 2.34. The number of nitrogens with one attached hydrogen (secondary N) is 1. The molecule has 0 aliphatic heterocycles. The van der Waals surface area contributed by atoms with E-state index >= 15 is 0 Å². The third kappa shape index (κ3) is 2.38. The van der Waals surface area contributed by atoms with E-state index in [2.05, 4.69) is 22.3 Å². The van der Waals surface area contributed by atoms with Gasteiger partial charge in [0.25, 0.3) is 0 Å². The summed E-state index contributed by atoms with van der Waals surface area (Å²) in [6, 6.07) is 3.99. The summed E-state index contributed by atoms with van der Waals surface area (Å²) < 4.78 is 1.79. The van der Waals surface area contributed by atoms with Crippen LogP contribution < -0.4 is 5.32 Å². The fourth-order valence-electron chi connectivity index (χ4n) is 2.97. The number of hydrogen-bond donors (Lipinski definition) is 2. The molecule has 0 aromatic carbocycles. The Bertz CT molecular complexity index is 599. The average Bonchev–Trinajstić information content (AvgIpc) is 2.86. The number of nitrogens with zero attached hydrogens (tertiary/aromatic N) is 3. The van der Waals surface area contributed by atoms with Crippen molar-refractivity contribution in [3.63, 3.8) is 0 Å². The van der Waals surface area contributed by atoms with E-state index in [1.165, 1.54) is 0 Å². The van der Waals surface area contributed by atoms with Crippen LogP contribution in [0.1, 0.15) is 38.2 Å². The molecule has 1 aliphatic carbocycles. The summed E-state index contributed by atoms with van der Waals surface area (Å²) in [4.78, 5) is 4.55. The zero-order chi connectivity index (χ0) is 14.2. The van der Waals surface area contributed by atoms with Gasteiger partial charge in [0.05, 0.1) is 12.1 Å². The standard InChI is InChI=1S/C15H22N4O/c1-11-5-7-15(10-20,8-6-11)17-14-16-13-12(2)4-3-9-19(13)18-14/h3-4,9,11,20H,5-8,10H2,1-2H3,(H,17,18). The van der Waals surface area contributed by atoms with E-state index < -0.39 is 0 Å². The molecule has 0 saturated heterocycles. The summed E-state index contributed by atoms with van der Waals surface area (Å²) in [6.07, 6.45) is 6.12. The van der Waals surface area contributed by atoms with Crippen LogP contribution in [-0.2, 0) is 0 Å². The quantitative estimate of drug-likeness (QED) is 0.902. The van der Waals surface area contributed by atoms with Crippen molar-refractivity contribution in [3.05, 3.63) is 23.9 Å². The van der Waals surface area contributed by atoms with Crippen LogP contribution >= 0.6 is 0 Å². The molecule has 0 unspecified atom stereocenters. The van der Waals surface area contributed by atoms with Gasteiger partial charge in [-0.2, -0.15) is 4.98 Å². The Kier molecular flexibility index (Phi) is 3.38. The number of rotatable bonds is 3. The average molecular weight is 274 g/mol. The Labute approximate surface area is 119 Å². The van der Waals surface area contributed by atoms with E-state index in [-0.39, 0.29) is 12.1 Å². The second kappa shape index (κ2) is 5.05. The molecule has 2 aromatic rings. The van der Waals surface area contributed by atoms with Crippen LogP contribution in [0, 0.1) is 12.8 Å². The minimum absolute atomic E-state index is 0.133. The van der Waals surface area contributed by atoms with E-state index in [1.807, 2.05) is 25.3 Å². The molecule has 3 rings (SSSR count). The monoisotopic (exact) mass is 274 g/mol. The number of hydrogen-bond acceptors (Lipinski definition) is 4. The van der Waals surface area contributed by atoms with Gasteiger partial charge in [-0.15, -0.1) is 5.10 Å². The molecule has 1 aliphatic rings. The lowest BCUT2D eigenvalue weighted by molar-refractivity contribution is 0.154. The number of aliphatic hydroxyl groups is 1. The van der Waals surface area contributed by atoms with Crippen molar-refractivity contribution in [2.75, 3.05) is 11.9 Å². The minimum atomic E-state index is -0.259. The molecular weight excluding hydrogens is 252 g/mol. The van der Waals surface area contributed by atoms with Crippen molar-refractivity contribution in [2.45, 2.75) is 45.1 Å². The second-order valence-electron chi connectivity index (χ2n) is 6.14. The van der Waals surface area contributed by atoms with Crippen molar-refractivity contribution in [3.8, 4) is 0 Å². The van der Waals surface area contributed by atoms with Gasteiger partial charge in [-0.05, 0) is 50.2 Å². The lowest BCUT2D eigenvalue weighted by Gasteiger charge is -2.38. The smallest absolute Gasteiger partial charge is 0.243 e. The second-order valence-corrected chi connectivity index (χ2v) is 6.14. The number of pyridine rings is 1. The SMILES string of the molecule is Cc1cccn2nc(NC3(CO)CCC(C)CC3)nc12. The van der Waals surface area contributed by atoms with Crippen LogP contribution in [0.3, 0.4) is 0 Å². The third-order valence-corrected chi connectivity index (χ3v) is 4.47. The van der Waals surface area contributed by atoms with E-state index in [9.17, 15) is 5.11 Å². The Morgan fingerprint density at radius 1 is 1.45 bits per heavy atom. The maximum Gasteiger partial charge on any atom is 0.243 e. The fraction of sp³-hybridized carbons (Fsp3) is 0.600. The third-order valence-electron chi connectivity index (χ3n) is 4.47. The van der Waals surface area contributed by atoms with Gasteiger partial charge in [0.2, 0.25) is 5.95 Å². The molecule has 0 spiro atoms. The molecule has 2 N–H and O–H groups in total. The molecule has 5 nitrogen and oxygen atoms in total. The van der Waals surface area contributed by atoms with Gasteiger partial charge in [0, 0.05) is 6.20 Å². The fourth-order valence-corrected chi connectivity index (χ4v) is 2.97. The van der Waals surface area contributed by atoms with Gasteiger partial charge in [0.1, 0.15) is 0 Å². The first-order valence-corrected chi connectivity index (χ1v) is 7.33.